The molecule has 1 aromatic heterocycles. The quantitative estimate of drug-likeness (QED) is 0.909. The average molecular weight is 343 g/mol. The number of nitrogens with zero attached hydrogens (tertiary/aromatic N) is 2. The van der Waals surface area contributed by atoms with E-state index in [1.807, 2.05) is 17.4 Å². The van der Waals surface area contributed by atoms with Crippen molar-refractivity contribution in [3.8, 4) is 0 Å². The van der Waals surface area contributed by atoms with E-state index in [1.54, 1.807) is 0 Å². The number of thiazole rings is 1. The number of nitrogens with one attached hydrogen (secondary N) is 1. The molecule has 0 bridgehead atoms. The first-order chi connectivity index (χ1) is 11.7. The largest absolute Gasteiger partial charge is 0.342 e. The highest BCUT2D eigenvalue weighted by molar-refractivity contribution is 7.18. The molecule has 1 atom stereocenters. The summed E-state index contributed by atoms with van der Waals surface area (Å²) in [6, 6.07) is 8.35. The number of hydrogen-bond acceptors (Lipinski definition) is 4. The molecule has 2 aliphatic heterocycles. The lowest BCUT2D eigenvalue weighted by atomic mass is 9.80. The van der Waals surface area contributed by atoms with Gasteiger partial charge in [-0.05, 0) is 51.3 Å². The summed E-state index contributed by atoms with van der Waals surface area (Å²) in [5.41, 5.74) is 0.901. The maximum Gasteiger partial charge on any atom is 0.229 e. The van der Waals surface area contributed by atoms with Crippen LogP contribution in [0.1, 0.15) is 43.5 Å². The fourth-order valence-electron chi connectivity index (χ4n) is 4.01. The predicted molar refractivity (Wildman–Crippen MR) is 98.4 cm³/mol. The van der Waals surface area contributed by atoms with Crippen molar-refractivity contribution in [3.63, 3.8) is 0 Å². The first kappa shape index (κ1) is 16.0. The third-order valence-electron chi connectivity index (χ3n) is 5.56. The molecule has 1 amide bonds. The van der Waals surface area contributed by atoms with Crippen LogP contribution >= 0.6 is 11.3 Å². The number of carbonyl (C=O) groups is 1. The first-order valence-electron chi connectivity index (χ1n) is 9.01. The van der Waals surface area contributed by atoms with Crippen LogP contribution in [0.3, 0.4) is 0 Å². The van der Waals surface area contributed by atoms with Crippen LogP contribution in [-0.2, 0) is 4.79 Å². The lowest BCUT2D eigenvalue weighted by Crippen LogP contribution is -2.51. The number of amides is 1. The van der Waals surface area contributed by atoms with Crippen molar-refractivity contribution >= 4 is 27.5 Å². The maximum absolute atomic E-state index is 12.9. The molecule has 3 heterocycles. The summed E-state index contributed by atoms with van der Waals surface area (Å²) in [7, 11) is 0. The second-order valence-electron chi connectivity index (χ2n) is 7.43. The number of benzene rings is 1. The molecule has 24 heavy (non-hydrogen) atoms. The Hall–Kier alpha value is -1.46. The Balaban J connectivity index is 1.42. The molecule has 0 saturated carbocycles. The summed E-state index contributed by atoms with van der Waals surface area (Å²) in [6.07, 6.45) is 4.19. The maximum atomic E-state index is 12.9. The van der Waals surface area contributed by atoms with Crippen LogP contribution in [0.4, 0.5) is 0 Å². The van der Waals surface area contributed by atoms with Crippen molar-refractivity contribution in [2.24, 2.45) is 5.41 Å². The van der Waals surface area contributed by atoms with Crippen LogP contribution in [0.15, 0.2) is 24.3 Å². The van der Waals surface area contributed by atoms with Gasteiger partial charge in [0.05, 0.1) is 20.6 Å². The van der Waals surface area contributed by atoms with Crippen LogP contribution in [0.2, 0.25) is 0 Å². The van der Waals surface area contributed by atoms with E-state index in [4.69, 9.17) is 4.98 Å². The summed E-state index contributed by atoms with van der Waals surface area (Å²) in [5.74, 6) is 0.848. The Bertz CT molecular complexity index is 694. The standard InChI is InChI=1S/C19H25N3OS/c1-19(9-4-10-20-13-19)18(23)22-11-7-14(8-12-22)17-21-15-5-2-3-6-16(15)24-17/h2-3,5-6,14,20H,4,7-13H2,1H3. The van der Waals surface area contributed by atoms with Crippen molar-refractivity contribution in [2.45, 2.75) is 38.5 Å². The Kier molecular flexibility index (Phi) is 4.31. The average Bonchev–Trinajstić information content (AvgIpc) is 3.06. The number of aromatic nitrogens is 1. The van der Waals surface area contributed by atoms with Gasteiger partial charge in [0.1, 0.15) is 0 Å². The third kappa shape index (κ3) is 2.95. The third-order valence-corrected chi connectivity index (χ3v) is 6.75. The predicted octanol–water partition coefficient (Wildman–Crippen LogP) is 3.39. The minimum absolute atomic E-state index is 0.207. The van der Waals surface area contributed by atoms with Gasteiger partial charge in [-0.15, -0.1) is 11.3 Å². The molecule has 1 N–H and O–H groups in total. The summed E-state index contributed by atoms with van der Waals surface area (Å²) < 4.78 is 1.27. The Morgan fingerprint density at radius 2 is 2.12 bits per heavy atom. The number of hydrogen-bond donors (Lipinski definition) is 1. The van der Waals surface area contributed by atoms with E-state index in [-0.39, 0.29) is 5.41 Å². The Morgan fingerprint density at radius 1 is 1.33 bits per heavy atom. The van der Waals surface area contributed by atoms with Crippen LogP contribution in [-0.4, -0.2) is 42.0 Å². The van der Waals surface area contributed by atoms with Gasteiger partial charge in [0, 0.05) is 25.6 Å². The molecular formula is C19H25N3OS. The second kappa shape index (κ2) is 6.45. The van der Waals surface area contributed by atoms with Crippen molar-refractivity contribution in [2.75, 3.05) is 26.2 Å². The Morgan fingerprint density at radius 3 is 2.83 bits per heavy atom. The normalized spacial score (nSPS) is 26.0. The van der Waals surface area contributed by atoms with Gasteiger partial charge in [-0.2, -0.15) is 0 Å². The SMILES string of the molecule is CC1(C(=O)N2CCC(c3nc4ccccc4s3)CC2)CCCNC1. The number of fused-ring (bicyclic) bond motifs is 1. The summed E-state index contributed by atoms with van der Waals surface area (Å²) in [4.78, 5) is 19.8. The highest BCUT2D eigenvalue weighted by Gasteiger charge is 2.39. The zero-order valence-corrected chi connectivity index (χ0v) is 15.1. The van der Waals surface area contributed by atoms with Crippen molar-refractivity contribution in [1.82, 2.24) is 15.2 Å². The van der Waals surface area contributed by atoms with Gasteiger partial charge in [0.2, 0.25) is 5.91 Å². The molecule has 2 aromatic rings. The van der Waals surface area contributed by atoms with E-state index in [9.17, 15) is 4.79 Å². The van der Waals surface area contributed by atoms with E-state index < -0.39 is 0 Å². The summed E-state index contributed by atoms with van der Waals surface area (Å²) in [6.45, 7) is 5.73. The molecule has 4 nitrogen and oxygen atoms in total. The minimum Gasteiger partial charge on any atom is -0.342 e. The fraction of sp³-hybridized carbons (Fsp3) is 0.579. The van der Waals surface area contributed by atoms with Crippen molar-refractivity contribution in [3.05, 3.63) is 29.3 Å². The molecule has 2 saturated heterocycles. The number of likely N-dealkylation sites (tertiary alicyclic amines) is 1. The number of piperidine rings is 2. The lowest BCUT2D eigenvalue weighted by Gasteiger charge is -2.40. The van der Waals surface area contributed by atoms with Gasteiger partial charge in [-0.1, -0.05) is 12.1 Å². The summed E-state index contributed by atoms with van der Waals surface area (Å²) in [5, 5.41) is 4.63. The topological polar surface area (TPSA) is 45.2 Å². The van der Waals surface area contributed by atoms with Crippen LogP contribution < -0.4 is 5.32 Å². The van der Waals surface area contributed by atoms with E-state index in [0.29, 0.717) is 11.8 Å². The smallest absolute Gasteiger partial charge is 0.229 e. The Labute approximate surface area is 147 Å². The second-order valence-corrected chi connectivity index (χ2v) is 8.49. The molecule has 2 fully saturated rings. The van der Waals surface area contributed by atoms with Gasteiger partial charge < -0.3 is 10.2 Å². The van der Waals surface area contributed by atoms with E-state index in [1.165, 1.54) is 9.71 Å². The number of para-hydroxylation sites is 1. The lowest BCUT2D eigenvalue weighted by molar-refractivity contribution is -0.143. The van der Waals surface area contributed by atoms with Gasteiger partial charge in [0.25, 0.3) is 0 Å². The molecule has 0 spiro atoms. The van der Waals surface area contributed by atoms with Gasteiger partial charge >= 0.3 is 0 Å². The highest BCUT2D eigenvalue weighted by Crippen LogP contribution is 2.36. The fourth-order valence-corrected chi connectivity index (χ4v) is 5.15. The van der Waals surface area contributed by atoms with Crippen LogP contribution in [0.5, 0.6) is 0 Å². The zero-order valence-electron chi connectivity index (χ0n) is 14.3. The zero-order chi connectivity index (χ0) is 16.6. The van der Waals surface area contributed by atoms with E-state index >= 15 is 0 Å². The monoisotopic (exact) mass is 343 g/mol. The van der Waals surface area contributed by atoms with Gasteiger partial charge in [-0.25, -0.2) is 4.98 Å². The van der Waals surface area contributed by atoms with Crippen LogP contribution in [0, 0.1) is 5.41 Å². The molecule has 1 unspecified atom stereocenters. The molecule has 2 aliphatic rings. The molecule has 128 valence electrons. The van der Waals surface area contributed by atoms with Crippen molar-refractivity contribution in [1.29, 1.82) is 0 Å². The van der Waals surface area contributed by atoms with Crippen molar-refractivity contribution < 1.29 is 4.79 Å². The minimum atomic E-state index is -0.207. The number of rotatable bonds is 2. The molecule has 0 radical (unpaired) electrons. The van der Waals surface area contributed by atoms with E-state index in [0.717, 1.165) is 57.4 Å². The van der Waals surface area contributed by atoms with Gasteiger partial charge in [0.15, 0.2) is 0 Å². The van der Waals surface area contributed by atoms with E-state index in [2.05, 4.69) is 35.3 Å². The molecule has 5 heteroatoms. The molecule has 4 rings (SSSR count). The molecule has 0 aliphatic carbocycles. The number of carbonyl (C=O) groups excluding carboxylic acids is 1. The van der Waals surface area contributed by atoms with Gasteiger partial charge in [-0.3, -0.25) is 4.79 Å². The first-order valence-corrected chi connectivity index (χ1v) is 9.83. The molecular weight excluding hydrogens is 318 g/mol. The molecule has 1 aromatic carbocycles. The summed E-state index contributed by atoms with van der Waals surface area (Å²) >= 11 is 1.82. The highest BCUT2D eigenvalue weighted by atomic mass is 32.1. The van der Waals surface area contributed by atoms with Crippen LogP contribution in [0.25, 0.3) is 10.2 Å².